The molecule has 2 unspecified atom stereocenters. The van der Waals surface area contributed by atoms with Crippen molar-refractivity contribution < 1.29 is 57.7 Å². The maximum Gasteiger partial charge on any atom is -1.00 e. The van der Waals surface area contributed by atoms with Crippen LogP contribution in [0.5, 0.6) is 0 Å². The second-order valence-electron chi connectivity index (χ2n) is 10.5. The Morgan fingerprint density at radius 2 is 1.19 bits per heavy atom. The molecule has 0 fully saturated rings. The number of halogens is 3. The van der Waals surface area contributed by atoms with E-state index in [-0.39, 0.29) is 40.9 Å². The van der Waals surface area contributed by atoms with Gasteiger partial charge < -0.3 is 37.2 Å². The summed E-state index contributed by atoms with van der Waals surface area (Å²) in [7, 11) is -0.655. The molecule has 0 N–H and O–H groups in total. The third kappa shape index (κ3) is 6.40. The molecule has 3 aromatic carbocycles. The standard InChI is InChI=1S/C32H37Si.3ClH.Ti/c1-19-14-20(2)16-28(15-19)32(33-29-17-21(3)23(5)22(4)18-29)31-26(8)24(6)25(7)30(31)27-12-10-9-11-13-27;;;;/h9-18,32H,33H2,1-8H3;3*1H;/q;;;;+3/p-3. The fraction of sp³-hybridized carbons (Fsp3) is 0.312. The largest absolute Gasteiger partial charge is 1.00 e. The van der Waals surface area contributed by atoms with Crippen LogP contribution in [0.25, 0.3) is 5.57 Å². The summed E-state index contributed by atoms with van der Waals surface area (Å²) < 4.78 is -0.0192. The van der Waals surface area contributed by atoms with E-state index in [0.717, 1.165) is 0 Å². The molecule has 37 heavy (non-hydrogen) atoms. The third-order valence-corrected chi connectivity index (χ3v) is 12.7. The van der Waals surface area contributed by atoms with Crippen LogP contribution < -0.4 is 42.4 Å². The minimum Gasteiger partial charge on any atom is -1.00 e. The summed E-state index contributed by atoms with van der Waals surface area (Å²) in [4.78, 5) is 0. The SMILES string of the molecule is CC1=C(C)[C]([Ti+3])(C([SiH2]c2cc(C)c(C)c(C)c2)c2cc(C)cc(C)c2)C(c2ccccc2)=C1C.[Cl-].[Cl-].[Cl-]. The minimum atomic E-state index is -0.655. The molecular formula is C32H37Cl3SiTi. The molecule has 5 heteroatoms. The van der Waals surface area contributed by atoms with Gasteiger partial charge in [0.25, 0.3) is 0 Å². The Balaban J connectivity index is 0.00000228. The maximum absolute atomic E-state index is 2.54. The molecule has 1 aliphatic carbocycles. The van der Waals surface area contributed by atoms with Crippen molar-refractivity contribution in [3.8, 4) is 0 Å². The molecule has 194 valence electrons. The van der Waals surface area contributed by atoms with E-state index in [0.29, 0.717) is 5.54 Å². The first-order valence-electron chi connectivity index (χ1n) is 12.4. The van der Waals surface area contributed by atoms with Crippen molar-refractivity contribution in [2.75, 3.05) is 0 Å². The number of hydrogen-bond donors (Lipinski definition) is 0. The van der Waals surface area contributed by atoms with Crippen LogP contribution in [0.4, 0.5) is 0 Å². The average molecular weight is 604 g/mol. The Kier molecular flexibility index (Phi) is 12.2. The molecule has 0 spiro atoms. The molecule has 0 aromatic heterocycles. The first kappa shape index (κ1) is 34.0. The summed E-state index contributed by atoms with van der Waals surface area (Å²) in [5.41, 5.74) is 16.4. The molecule has 0 nitrogen and oxygen atoms in total. The van der Waals surface area contributed by atoms with Crippen molar-refractivity contribution in [1.29, 1.82) is 0 Å². The van der Waals surface area contributed by atoms with E-state index in [1.807, 2.05) is 0 Å². The maximum atomic E-state index is 2.54. The minimum absolute atomic E-state index is 0. The zero-order valence-corrected chi connectivity index (χ0v) is 28.4. The summed E-state index contributed by atoms with van der Waals surface area (Å²) in [5, 5.41) is 1.58. The molecule has 0 aliphatic heterocycles. The predicted molar refractivity (Wildman–Crippen MR) is 148 cm³/mol. The topological polar surface area (TPSA) is 0 Å². The number of hydrogen-bond acceptors (Lipinski definition) is 0. The van der Waals surface area contributed by atoms with Gasteiger partial charge in [-0.2, -0.15) is 0 Å². The Morgan fingerprint density at radius 3 is 1.70 bits per heavy atom. The van der Waals surface area contributed by atoms with Gasteiger partial charge in [0.1, 0.15) is 0 Å². The fourth-order valence-electron chi connectivity index (χ4n) is 5.94. The third-order valence-electron chi connectivity index (χ3n) is 8.14. The van der Waals surface area contributed by atoms with Crippen LogP contribution in [0.3, 0.4) is 0 Å². The van der Waals surface area contributed by atoms with Crippen molar-refractivity contribution in [1.82, 2.24) is 0 Å². The summed E-state index contributed by atoms with van der Waals surface area (Å²) in [6, 6.07) is 23.3. The number of benzene rings is 3. The first-order chi connectivity index (χ1) is 16.0. The van der Waals surface area contributed by atoms with Crippen molar-refractivity contribution in [2.45, 2.75) is 64.7 Å². The summed E-state index contributed by atoms with van der Waals surface area (Å²) >= 11 is 2.54. The Hall–Kier alpha value is -1.06. The van der Waals surface area contributed by atoms with E-state index < -0.39 is 9.52 Å². The van der Waals surface area contributed by atoms with E-state index in [1.165, 1.54) is 55.7 Å². The van der Waals surface area contributed by atoms with E-state index >= 15 is 0 Å². The van der Waals surface area contributed by atoms with Crippen LogP contribution in [0.2, 0.25) is 3.72 Å². The molecule has 0 bridgehead atoms. The molecule has 0 radical (unpaired) electrons. The molecule has 0 saturated carbocycles. The van der Waals surface area contributed by atoms with Gasteiger partial charge in [-0.05, 0) is 0 Å². The smallest absolute Gasteiger partial charge is 1.00 e. The zero-order chi connectivity index (χ0) is 24.8. The van der Waals surface area contributed by atoms with Crippen molar-refractivity contribution in [3.05, 3.63) is 116 Å². The van der Waals surface area contributed by atoms with Crippen LogP contribution in [0.1, 0.15) is 65.3 Å². The van der Waals surface area contributed by atoms with Crippen LogP contribution in [0.15, 0.2) is 77.4 Å². The summed E-state index contributed by atoms with van der Waals surface area (Å²) in [6.45, 7) is 18.4. The number of rotatable bonds is 5. The normalized spacial score (nSPS) is 18.0. The van der Waals surface area contributed by atoms with Crippen molar-refractivity contribution >= 4 is 20.3 Å². The van der Waals surface area contributed by atoms with Crippen LogP contribution in [-0.2, 0) is 20.4 Å². The second-order valence-corrected chi connectivity index (χ2v) is 13.7. The van der Waals surface area contributed by atoms with Gasteiger partial charge in [0, 0.05) is 0 Å². The molecule has 2 atom stereocenters. The Bertz CT molecular complexity index is 1280. The van der Waals surface area contributed by atoms with Crippen LogP contribution in [0, 0.1) is 34.6 Å². The molecule has 3 aromatic rings. The van der Waals surface area contributed by atoms with Crippen molar-refractivity contribution in [2.24, 2.45) is 0 Å². The Morgan fingerprint density at radius 1 is 0.676 bits per heavy atom. The van der Waals surface area contributed by atoms with Gasteiger partial charge in [0.15, 0.2) is 0 Å². The van der Waals surface area contributed by atoms with Crippen molar-refractivity contribution in [3.63, 3.8) is 0 Å². The van der Waals surface area contributed by atoms with E-state index in [9.17, 15) is 0 Å². The first-order valence-corrected chi connectivity index (χ1v) is 14.7. The predicted octanol–water partition coefficient (Wildman–Crippen LogP) is -1.69. The fourth-order valence-corrected chi connectivity index (χ4v) is 10.1. The quantitative estimate of drug-likeness (QED) is 0.306. The molecule has 0 saturated heterocycles. The van der Waals surface area contributed by atoms with E-state index in [4.69, 9.17) is 0 Å². The van der Waals surface area contributed by atoms with Gasteiger partial charge in [-0.3, -0.25) is 0 Å². The van der Waals surface area contributed by atoms with E-state index in [1.54, 1.807) is 10.8 Å². The molecule has 4 rings (SSSR count). The van der Waals surface area contributed by atoms with E-state index in [2.05, 4.69) is 136 Å². The summed E-state index contributed by atoms with van der Waals surface area (Å²) in [5.74, 6) is 0. The molecule has 1 aliphatic rings. The van der Waals surface area contributed by atoms with Gasteiger partial charge in [0.2, 0.25) is 0 Å². The number of aryl methyl sites for hydroxylation is 4. The van der Waals surface area contributed by atoms with Crippen LogP contribution in [-0.4, -0.2) is 9.52 Å². The van der Waals surface area contributed by atoms with Gasteiger partial charge in [0.05, 0.1) is 0 Å². The molecular weight excluding hydrogens is 567 g/mol. The van der Waals surface area contributed by atoms with Gasteiger partial charge >= 0.3 is 222 Å². The average Bonchev–Trinajstić information content (AvgIpc) is 2.96. The van der Waals surface area contributed by atoms with Gasteiger partial charge in [-0.15, -0.1) is 0 Å². The zero-order valence-electron chi connectivity index (χ0n) is 23.2. The van der Waals surface area contributed by atoms with Crippen LogP contribution >= 0.6 is 0 Å². The number of allylic oxidation sites excluding steroid dienone is 4. The van der Waals surface area contributed by atoms with Gasteiger partial charge in [-0.25, -0.2) is 0 Å². The summed E-state index contributed by atoms with van der Waals surface area (Å²) in [6.07, 6.45) is 0. The second kappa shape index (κ2) is 13.3. The van der Waals surface area contributed by atoms with Gasteiger partial charge in [-0.1, -0.05) is 0 Å². The molecule has 0 heterocycles. The molecule has 0 amide bonds. The monoisotopic (exact) mass is 602 g/mol. The Labute approximate surface area is 257 Å².